The minimum atomic E-state index is -3.45. The van der Waals surface area contributed by atoms with Gasteiger partial charge in [0, 0.05) is 36.3 Å². The second-order valence-electron chi connectivity index (χ2n) is 5.78. The number of anilines is 1. The summed E-state index contributed by atoms with van der Waals surface area (Å²) in [5, 5.41) is 0. The molecule has 0 amide bonds. The van der Waals surface area contributed by atoms with Crippen LogP contribution in [0.1, 0.15) is 6.92 Å². The summed E-state index contributed by atoms with van der Waals surface area (Å²) in [6.07, 6.45) is 0. The smallest absolute Gasteiger partial charge is 0.243 e. The van der Waals surface area contributed by atoms with Crippen LogP contribution in [0.4, 0.5) is 5.69 Å². The predicted octanol–water partition coefficient (Wildman–Crippen LogP) is 3.36. The summed E-state index contributed by atoms with van der Waals surface area (Å²) in [6, 6.07) is 14.8. The first-order chi connectivity index (χ1) is 12.0. The number of sulfonamides is 1. The quantitative estimate of drug-likeness (QED) is 0.738. The van der Waals surface area contributed by atoms with Crippen molar-refractivity contribution in [2.24, 2.45) is 0 Å². The molecule has 7 heteroatoms. The number of benzene rings is 2. The molecule has 1 aliphatic rings. The summed E-state index contributed by atoms with van der Waals surface area (Å²) >= 11 is 3.33. The Kier molecular flexibility index (Phi) is 5.66. The minimum absolute atomic E-state index is 0.330. The third kappa shape index (κ3) is 4.16. The Bertz CT molecular complexity index is 816. The summed E-state index contributed by atoms with van der Waals surface area (Å²) in [4.78, 5) is 2.53. The molecule has 0 N–H and O–H groups in total. The molecule has 2 aromatic rings. The molecule has 1 saturated heterocycles. The maximum Gasteiger partial charge on any atom is 0.243 e. The SMILES string of the molecule is CCOc1ccc(N2CCN(S(=O)(=O)c3cccc(Br)c3)CC2)cc1. The highest BCUT2D eigenvalue weighted by Gasteiger charge is 2.28. The standard InChI is InChI=1S/C18H21BrN2O3S/c1-2-24-17-8-6-16(7-9-17)20-10-12-21(13-11-20)25(22,23)18-5-3-4-15(19)14-18/h3-9,14H,2,10-13H2,1H3. The Hall–Kier alpha value is -1.57. The fourth-order valence-corrected chi connectivity index (χ4v) is 4.90. The van der Waals surface area contributed by atoms with Gasteiger partial charge in [0.1, 0.15) is 5.75 Å². The number of piperazine rings is 1. The van der Waals surface area contributed by atoms with Crippen molar-refractivity contribution >= 4 is 31.6 Å². The second kappa shape index (κ2) is 7.76. The van der Waals surface area contributed by atoms with Crippen LogP contribution < -0.4 is 9.64 Å². The molecule has 0 aromatic heterocycles. The summed E-state index contributed by atoms with van der Waals surface area (Å²) in [6.45, 7) is 4.89. The van der Waals surface area contributed by atoms with Gasteiger partial charge in [-0.2, -0.15) is 4.31 Å². The molecule has 25 heavy (non-hydrogen) atoms. The number of ether oxygens (including phenoxy) is 1. The van der Waals surface area contributed by atoms with Crippen LogP contribution >= 0.6 is 15.9 Å². The molecular weight excluding hydrogens is 404 g/mol. The zero-order valence-corrected chi connectivity index (χ0v) is 16.5. The molecule has 0 spiro atoms. The second-order valence-corrected chi connectivity index (χ2v) is 8.63. The maximum atomic E-state index is 12.8. The first-order valence-electron chi connectivity index (χ1n) is 8.24. The Balaban J connectivity index is 1.67. The highest BCUT2D eigenvalue weighted by atomic mass is 79.9. The van der Waals surface area contributed by atoms with E-state index in [-0.39, 0.29) is 0 Å². The van der Waals surface area contributed by atoms with Crippen molar-refractivity contribution in [1.82, 2.24) is 4.31 Å². The number of nitrogens with zero attached hydrogens (tertiary/aromatic N) is 2. The number of rotatable bonds is 5. The average Bonchev–Trinajstić information content (AvgIpc) is 2.63. The zero-order chi connectivity index (χ0) is 17.9. The minimum Gasteiger partial charge on any atom is -0.494 e. The first-order valence-corrected chi connectivity index (χ1v) is 10.5. The average molecular weight is 425 g/mol. The van der Waals surface area contributed by atoms with E-state index < -0.39 is 10.0 Å². The van der Waals surface area contributed by atoms with Gasteiger partial charge in [-0.15, -0.1) is 0 Å². The normalized spacial score (nSPS) is 16.0. The lowest BCUT2D eigenvalue weighted by Gasteiger charge is -2.35. The lowest BCUT2D eigenvalue weighted by Crippen LogP contribution is -2.48. The van der Waals surface area contributed by atoms with Crippen LogP contribution in [-0.2, 0) is 10.0 Å². The number of hydrogen-bond acceptors (Lipinski definition) is 4. The Morgan fingerprint density at radius 3 is 2.32 bits per heavy atom. The van der Waals surface area contributed by atoms with E-state index in [2.05, 4.69) is 20.8 Å². The predicted molar refractivity (Wildman–Crippen MR) is 103 cm³/mol. The molecule has 0 radical (unpaired) electrons. The van der Waals surface area contributed by atoms with Gasteiger partial charge in [0.15, 0.2) is 0 Å². The van der Waals surface area contributed by atoms with Crippen molar-refractivity contribution < 1.29 is 13.2 Å². The third-order valence-electron chi connectivity index (χ3n) is 4.19. The van der Waals surface area contributed by atoms with Crippen LogP contribution in [0.5, 0.6) is 5.75 Å². The van der Waals surface area contributed by atoms with Crippen molar-refractivity contribution in [3.63, 3.8) is 0 Å². The van der Waals surface area contributed by atoms with Crippen LogP contribution in [0.2, 0.25) is 0 Å². The molecule has 2 aromatic carbocycles. The van der Waals surface area contributed by atoms with Crippen molar-refractivity contribution in [3.8, 4) is 5.75 Å². The third-order valence-corrected chi connectivity index (χ3v) is 6.57. The molecule has 0 unspecified atom stereocenters. The molecule has 1 aliphatic heterocycles. The topological polar surface area (TPSA) is 49.9 Å². The summed E-state index contributed by atoms with van der Waals surface area (Å²) in [5.41, 5.74) is 1.09. The van der Waals surface area contributed by atoms with Gasteiger partial charge in [-0.3, -0.25) is 0 Å². The molecule has 134 valence electrons. The maximum absolute atomic E-state index is 12.8. The van der Waals surface area contributed by atoms with Gasteiger partial charge in [-0.25, -0.2) is 8.42 Å². The van der Waals surface area contributed by atoms with Crippen LogP contribution in [0, 0.1) is 0 Å². The monoisotopic (exact) mass is 424 g/mol. The van der Waals surface area contributed by atoms with E-state index >= 15 is 0 Å². The van der Waals surface area contributed by atoms with Crippen molar-refractivity contribution in [2.75, 3.05) is 37.7 Å². The molecule has 3 rings (SSSR count). The van der Waals surface area contributed by atoms with Crippen LogP contribution in [0.25, 0.3) is 0 Å². The van der Waals surface area contributed by atoms with Crippen LogP contribution in [-0.4, -0.2) is 45.5 Å². The van der Waals surface area contributed by atoms with Gasteiger partial charge < -0.3 is 9.64 Å². The Morgan fingerprint density at radius 2 is 1.72 bits per heavy atom. The number of hydrogen-bond donors (Lipinski definition) is 0. The molecule has 1 heterocycles. The van der Waals surface area contributed by atoms with Crippen molar-refractivity contribution in [3.05, 3.63) is 53.0 Å². The zero-order valence-electron chi connectivity index (χ0n) is 14.1. The summed E-state index contributed by atoms with van der Waals surface area (Å²) in [5.74, 6) is 0.849. The molecule has 0 atom stereocenters. The van der Waals surface area contributed by atoms with Crippen LogP contribution in [0.3, 0.4) is 0 Å². The molecule has 5 nitrogen and oxygen atoms in total. The van der Waals surface area contributed by atoms with E-state index in [0.717, 1.165) is 15.9 Å². The summed E-state index contributed by atoms with van der Waals surface area (Å²) < 4.78 is 33.3. The van der Waals surface area contributed by atoms with Crippen molar-refractivity contribution in [2.45, 2.75) is 11.8 Å². The van der Waals surface area contributed by atoms with Gasteiger partial charge in [0.05, 0.1) is 11.5 Å². The van der Waals surface area contributed by atoms with E-state index in [9.17, 15) is 8.42 Å². The molecular formula is C18H21BrN2O3S. The lowest BCUT2D eigenvalue weighted by molar-refractivity contribution is 0.340. The molecule has 0 aliphatic carbocycles. The van der Waals surface area contributed by atoms with E-state index in [0.29, 0.717) is 37.7 Å². The highest BCUT2D eigenvalue weighted by molar-refractivity contribution is 9.10. The van der Waals surface area contributed by atoms with E-state index in [1.165, 1.54) is 0 Å². The Labute approximate surface area is 157 Å². The molecule has 1 fully saturated rings. The largest absolute Gasteiger partial charge is 0.494 e. The van der Waals surface area contributed by atoms with E-state index in [4.69, 9.17) is 4.74 Å². The van der Waals surface area contributed by atoms with Crippen LogP contribution in [0.15, 0.2) is 57.9 Å². The van der Waals surface area contributed by atoms with E-state index in [1.54, 1.807) is 22.5 Å². The van der Waals surface area contributed by atoms with Gasteiger partial charge in [-0.05, 0) is 49.4 Å². The van der Waals surface area contributed by atoms with Gasteiger partial charge in [-0.1, -0.05) is 22.0 Å². The summed E-state index contributed by atoms with van der Waals surface area (Å²) in [7, 11) is -3.45. The fraction of sp³-hybridized carbons (Fsp3) is 0.333. The van der Waals surface area contributed by atoms with Gasteiger partial charge in [0.2, 0.25) is 10.0 Å². The van der Waals surface area contributed by atoms with Gasteiger partial charge in [0.25, 0.3) is 0 Å². The Morgan fingerprint density at radius 1 is 1.04 bits per heavy atom. The van der Waals surface area contributed by atoms with Crippen molar-refractivity contribution in [1.29, 1.82) is 0 Å². The number of halogens is 1. The lowest BCUT2D eigenvalue weighted by atomic mass is 10.2. The molecule has 0 saturated carbocycles. The molecule has 0 bridgehead atoms. The first kappa shape index (κ1) is 18.2. The van der Waals surface area contributed by atoms with Gasteiger partial charge >= 0.3 is 0 Å². The highest BCUT2D eigenvalue weighted by Crippen LogP contribution is 2.24. The van der Waals surface area contributed by atoms with E-state index in [1.807, 2.05) is 37.3 Å². The fourth-order valence-electron chi connectivity index (χ4n) is 2.88.